The number of Topliss-reactive ketones (excluding diaryl/α,β-unsaturated/α-hetero) is 1. The quantitative estimate of drug-likeness (QED) is 0.265. The average Bonchev–Trinajstić information content (AvgIpc) is 3.28. The molecule has 270 valence electrons. The van der Waals surface area contributed by atoms with Gasteiger partial charge in [0.05, 0.1) is 22.3 Å². The average molecular weight is 728 g/mol. The highest BCUT2D eigenvalue weighted by Gasteiger charge is 2.35. The molecule has 3 saturated heterocycles. The van der Waals surface area contributed by atoms with Crippen molar-refractivity contribution in [3.8, 4) is 0 Å². The van der Waals surface area contributed by atoms with Gasteiger partial charge < -0.3 is 31.1 Å². The number of carbonyl (C=O) groups is 4. The van der Waals surface area contributed by atoms with Gasteiger partial charge in [-0.05, 0) is 62.9 Å². The Morgan fingerprint density at radius 2 is 1.54 bits per heavy atom. The number of amides is 4. The first-order valence-electron chi connectivity index (χ1n) is 17.7. The Hall–Kier alpha value is -3.42. The number of anilines is 2. The summed E-state index contributed by atoms with van der Waals surface area (Å²) in [6, 6.07) is 9.98. The van der Waals surface area contributed by atoms with Crippen LogP contribution in [0.4, 0.5) is 16.2 Å². The van der Waals surface area contributed by atoms with Gasteiger partial charge in [-0.1, -0.05) is 41.4 Å². The van der Waals surface area contributed by atoms with E-state index in [-0.39, 0.29) is 63.9 Å². The van der Waals surface area contributed by atoms with Crippen molar-refractivity contribution in [3.05, 3.63) is 57.6 Å². The lowest BCUT2D eigenvalue weighted by Gasteiger charge is -2.42. The number of ketones is 1. The zero-order valence-electron chi connectivity index (χ0n) is 28.7. The lowest BCUT2D eigenvalue weighted by molar-refractivity contribution is -0.138. The Balaban J connectivity index is 1.08. The summed E-state index contributed by atoms with van der Waals surface area (Å²) in [4.78, 5) is 64.8. The second-order valence-corrected chi connectivity index (χ2v) is 14.8. The summed E-state index contributed by atoms with van der Waals surface area (Å²) in [5.74, 6) is -0.992. The highest BCUT2D eigenvalue weighted by molar-refractivity contribution is 6.39. The fraction of sp³-hybridized carbons (Fsp3) is 0.556. The molecular weight excluding hydrogens is 679 g/mol. The van der Waals surface area contributed by atoms with Gasteiger partial charge >= 0.3 is 6.03 Å². The van der Waals surface area contributed by atoms with Crippen molar-refractivity contribution in [1.29, 1.82) is 0 Å². The molecule has 0 aromatic heterocycles. The number of urea groups is 1. The van der Waals surface area contributed by atoms with Crippen molar-refractivity contribution in [2.24, 2.45) is 0 Å². The summed E-state index contributed by atoms with van der Waals surface area (Å²) in [6.07, 6.45) is 3.67. The molecule has 4 aliphatic heterocycles. The molecule has 12 nitrogen and oxygen atoms in total. The van der Waals surface area contributed by atoms with E-state index >= 15 is 0 Å². The number of benzene rings is 2. The molecule has 4 heterocycles. The number of halogens is 2. The number of nitrogens with two attached hydrogens (primary N) is 1. The van der Waals surface area contributed by atoms with E-state index in [2.05, 4.69) is 32.4 Å². The number of carbonyl (C=O) groups excluding carboxylic acids is 4. The van der Waals surface area contributed by atoms with E-state index in [0.29, 0.717) is 38.5 Å². The smallest absolute Gasteiger partial charge is 0.322 e. The maximum atomic E-state index is 14.0. The lowest BCUT2D eigenvalue weighted by Crippen LogP contribution is -2.56. The third-order valence-electron chi connectivity index (χ3n) is 10.8. The van der Waals surface area contributed by atoms with Gasteiger partial charge in [-0.15, -0.1) is 0 Å². The van der Waals surface area contributed by atoms with Crippen LogP contribution in [0.15, 0.2) is 36.4 Å². The SMILES string of the molecule is CN1CCN(C2CCN(CC(=O)N[C@@H](CC(=O)c3cc(Cl)c(N)c(Cl)c3)C(=O)N3CCC(N4CCc5ccccc5NC4=O)CC3)CC2)CC1. The number of para-hydroxylation sites is 1. The molecule has 4 amide bonds. The first-order chi connectivity index (χ1) is 24.0. The summed E-state index contributed by atoms with van der Waals surface area (Å²) >= 11 is 12.4. The predicted octanol–water partition coefficient (Wildman–Crippen LogP) is 3.43. The Morgan fingerprint density at radius 1 is 0.900 bits per heavy atom. The summed E-state index contributed by atoms with van der Waals surface area (Å²) < 4.78 is 0. The van der Waals surface area contributed by atoms with Gasteiger partial charge in [-0.25, -0.2) is 4.79 Å². The molecule has 0 saturated carbocycles. The minimum absolute atomic E-state index is 0.0316. The van der Waals surface area contributed by atoms with Crippen molar-refractivity contribution < 1.29 is 19.2 Å². The maximum Gasteiger partial charge on any atom is 0.322 e. The third-order valence-corrected chi connectivity index (χ3v) is 11.4. The Labute approximate surface area is 304 Å². The molecule has 2 aromatic rings. The van der Waals surface area contributed by atoms with Crippen LogP contribution in [0.5, 0.6) is 0 Å². The Bertz CT molecular complexity index is 1550. The number of rotatable bonds is 9. The molecule has 6 rings (SSSR count). The van der Waals surface area contributed by atoms with Crippen LogP contribution in [0.3, 0.4) is 0 Å². The highest BCUT2D eigenvalue weighted by Crippen LogP contribution is 2.30. The van der Waals surface area contributed by atoms with Crippen LogP contribution in [0.1, 0.15) is 48.0 Å². The topological polar surface area (TPSA) is 135 Å². The number of likely N-dealkylation sites (N-methyl/N-ethyl adjacent to an activating group) is 1. The van der Waals surface area contributed by atoms with Crippen molar-refractivity contribution in [2.45, 2.75) is 56.7 Å². The van der Waals surface area contributed by atoms with Gasteiger partial charge in [-0.2, -0.15) is 0 Å². The number of nitrogens with one attached hydrogen (secondary N) is 2. The normalized spacial score (nSPS) is 20.9. The predicted molar refractivity (Wildman–Crippen MR) is 196 cm³/mol. The van der Waals surface area contributed by atoms with Crippen LogP contribution in [-0.2, 0) is 16.0 Å². The first-order valence-corrected chi connectivity index (χ1v) is 18.5. The zero-order valence-corrected chi connectivity index (χ0v) is 30.2. The van der Waals surface area contributed by atoms with E-state index < -0.39 is 6.04 Å². The number of hydrogen-bond acceptors (Lipinski definition) is 8. The van der Waals surface area contributed by atoms with Crippen LogP contribution < -0.4 is 16.4 Å². The molecule has 0 spiro atoms. The number of piperidine rings is 2. The number of nitrogens with zero attached hydrogens (tertiary/aromatic N) is 5. The summed E-state index contributed by atoms with van der Waals surface area (Å²) in [6.45, 7) is 7.44. The summed E-state index contributed by atoms with van der Waals surface area (Å²) in [7, 11) is 2.15. The fourth-order valence-corrected chi connectivity index (χ4v) is 8.16. The van der Waals surface area contributed by atoms with Crippen molar-refractivity contribution in [3.63, 3.8) is 0 Å². The monoisotopic (exact) mass is 726 g/mol. The first kappa shape index (κ1) is 36.4. The number of piperazine rings is 1. The van der Waals surface area contributed by atoms with Gasteiger partial charge in [0.2, 0.25) is 11.8 Å². The van der Waals surface area contributed by atoms with Crippen molar-refractivity contribution >= 4 is 58.2 Å². The molecule has 2 aromatic carbocycles. The molecule has 0 aliphatic carbocycles. The standard InChI is InChI=1S/C36H48Cl2N8O4/c1-42-16-18-44(19-17-42)26-7-11-43(12-8-26)23-33(48)40-31(22-32(47)25-20-28(37)34(39)29(38)21-25)35(49)45-13-9-27(10-14-45)46-15-6-24-4-2-3-5-30(24)41-36(46)50/h2-5,20-21,26-27,31H,6-19,22-23,39H2,1H3,(H,40,48)(H,41,50)/t31-/m0/s1. The van der Waals surface area contributed by atoms with Crippen molar-refractivity contribution in [1.82, 2.24) is 29.8 Å². The number of likely N-dealkylation sites (tertiary alicyclic amines) is 2. The second kappa shape index (κ2) is 16.3. The van der Waals surface area contributed by atoms with E-state index in [1.54, 1.807) is 4.90 Å². The highest BCUT2D eigenvalue weighted by atomic mass is 35.5. The molecule has 0 radical (unpaired) electrons. The minimum atomic E-state index is -1.07. The van der Waals surface area contributed by atoms with Crippen LogP contribution in [0.25, 0.3) is 0 Å². The molecule has 4 aliphatic rings. The second-order valence-electron chi connectivity index (χ2n) is 14.0. The van der Waals surface area contributed by atoms with Gasteiger partial charge in [0.25, 0.3) is 0 Å². The van der Waals surface area contributed by atoms with Gasteiger partial charge in [0, 0.05) is 88.7 Å². The fourth-order valence-electron chi connectivity index (χ4n) is 7.68. The molecule has 0 unspecified atom stereocenters. The molecule has 3 fully saturated rings. The van der Waals surface area contributed by atoms with E-state index in [4.69, 9.17) is 28.9 Å². The largest absolute Gasteiger partial charge is 0.396 e. The van der Waals surface area contributed by atoms with Crippen LogP contribution in [0, 0.1) is 0 Å². The van der Waals surface area contributed by atoms with E-state index in [0.717, 1.165) is 69.8 Å². The summed E-state index contributed by atoms with van der Waals surface area (Å²) in [5.41, 5.74) is 8.21. The molecule has 1 atom stereocenters. The van der Waals surface area contributed by atoms with Crippen LogP contribution in [-0.4, -0.2) is 139 Å². The molecule has 0 bridgehead atoms. The summed E-state index contributed by atoms with van der Waals surface area (Å²) in [5, 5.41) is 6.24. The van der Waals surface area contributed by atoms with Crippen LogP contribution >= 0.6 is 23.2 Å². The zero-order chi connectivity index (χ0) is 35.4. The van der Waals surface area contributed by atoms with Crippen molar-refractivity contribution in [2.75, 3.05) is 83.5 Å². The number of nitrogen functional groups attached to an aromatic ring is 1. The lowest BCUT2D eigenvalue weighted by atomic mass is 9.99. The van der Waals surface area contributed by atoms with E-state index in [9.17, 15) is 19.2 Å². The molecular formula is C36H48Cl2N8O4. The van der Waals surface area contributed by atoms with E-state index in [1.165, 1.54) is 12.1 Å². The molecule has 4 N–H and O–H groups in total. The third kappa shape index (κ3) is 8.71. The Kier molecular flexibility index (Phi) is 11.8. The van der Waals surface area contributed by atoms with Gasteiger partial charge in [0.15, 0.2) is 5.78 Å². The Morgan fingerprint density at radius 3 is 2.22 bits per heavy atom. The minimum Gasteiger partial charge on any atom is -0.396 e. The molecule has 14 heteroatoms. The van der Waals surface area contributed by atoms with Gasteiger partial charge in [0.1, 0.15) is 6.04 Å². The number of hydrogen-bond donors (Lipinski definition) is 3. The molecule has 50 heavy (non-hydrogen) atoms. The van der Waals surface area contributed by atoms with E-state index in [1.807, 2.05) is 29.2 Å². The van der Waals surface area contributed by atoms with Gasteiger partial charge in [-0.3, -0.25) is 24.2 Å². The number of fused-ring (bicyclic) bond motifs is 1. The van der Waals surface area contributed by atoms with Crippen LogP contribution in [0.2, 0.25) is 10.0 Å². The maximum absolute atomic E-state index is 14.0.